The second kappa shape index (κ2) is 8.05. The van der Waals surface area contributed by atoms with Crippen LogP contribution < -0.4 is 5.32 Å². The monoisotopic (exact) mass is 374 g/mol. The highest BCUT2D eigenvalue weighted by molar-refractivity contribution is 6.39. The molecule has 0 spiro atoms. The van der Waals surface area contributed by atoms with Crippen molar-refractivity contribution in [1.29, 1.82) is 0 Å². The van der Waals surface area contributed by atoms with Crippen LogP contribution in [0.2, 0.25) is 10.0 Å². The fourth-order valence-corrected chi connectivity index (χ4v) is 3.45. The van der Waals surface area contributed by atoms with Crippen LogP contribution in [-0.4, -0.2) is 29.9 Å². The zero-order valence-corrected chi connectivity index (χ0v) is 15.5. The van der Waals surface area contributed by atoms with Crippen molar-refractivity contribution in [1.82, 2.24) is 4.90 Å². The molecule has 0 aromatic heterocycles. The molecule has 25 heavy (non-hydrogen) atoms. The van der Waals surface area contributed by atoms with E-state index in [1.807, 2.05) is 25.1 Å². The molecule has 1 aliphatic heterocycles. The van der Waals surface area contributed by atoms with Crippen LogP contribution in [0, 0.1) is 0 Å². The normalized spacial score (nSPS) is 16.2. The summed E-state index contributed by atoms with van der Waals surface area (Å²) in [5, 5.41) is 3.74. The Morgan fingerprint density at radius 3 is 2.36 bits per heavy atom. The van der Waals surface area contributed by atoms with Gasteiger partial charge in [-0.3, -0.25) is 9.69 Å². The maximum atomic E-state index is 12.6. The molecule has 5 heteroatoms. The van der Waals surface area contributed by atoms with Gasteiger partial charge in [0.05, 0.1) is 21.8 Å². The van der Waals surface area contributed by atoms with E-state index in [9.17, 15) is 4.79 Å². The molecule has 0 unspecified atom stereocenters. The molecule has 1 atom stereocenters. The molecule has 0 radical (unpaired) electrons. The fourth-order valence-electron chi connectivity index (χ4n) is 2.96. The Labute approximate surface area is 158 Å². The van der Waals surface area contributed by atoms with E-state index in [1.54, 1.807) is 18.2 Å². The molecule has 1 aliphatic rings. The van der Waals surface area contributed by atoms with Crippen molar-refractivity contribution in [3.05, 3.63) is 70.2 Å². The zero-order valence-electron chi connectivity index (χ0n) is 14.0. The Kier molecular flexibility index (Phi) is 5.79. The maximum Gasteiger partial charge on any atom is 0.241 e. The highest BCUT2D eigenvalue weighted by atomic mass is 35.5. The zero-order chi connectivity index (χ0) is 17.8. The molecule has 130 valence electrons. The van der Waals surface area contributed by atoms with Crippen LogP contribution in [0.1, 0.15) is 18.9 Å². The lowest BCUT2D eigenvalue weighted by atomic mass is 9.99. The minimum atomic E-state index is -0.263. The van der Waals surface area contributed by atoms with Gasteiger partial charge in [0.1, 0.15) is 0 Å². The Bertz CT molecular complexity index is 769. The number of amides is 1. The van der Waals surface area contributed by atoms with E-state index < -0.39 is 0 Å². The molecule has 0 bridgehead atoms. The first-order valence-corrected chi connectivity index (χ1v) is 9.05. The van der Waals surface area contributed by atoms with Gasteiger partial charge in [0.25, 0.3) is 0 Å². The van der Waals surface area contributed by atoms with E-state index >= 15 is 0 Å². The molecule has 2 aromatic carbocycles. The summed E-state index contributed by atoms with van der Waals surface area (Å²) in [6.07, 6.45) is 3.12. The molecule has 0 fully saturated rings. The van der Waals surface area contributed by atoms with E-state index in [1.165, 1.54) is 11.1 Å². The predicted octanol–water partition coefficient (Wildman–Crippen LogP) is 5.11. The minimum Gasteiger partial charge on any atom is -0.322 e. The summed E-state index contributed by atoms with van der Waals surface area (Å²) >= 11 is 12.3. The molecule has 0 saturated carbocycles. The number of rotatable bonds is 4. The van der Waals surface area contributed by atoms with Crippen molar-refractivity contribution < 1.29 is 4.79 Å². The first-order chi connectivity index (χ1) is 12.1. The summed E-state index contributed by atoms with van der Waals surface area (Å²) in [7, 11) is 0. The first kappa shape index (κ1) is 18.0. The van der Waals surface area contributed by atoms with Gasteiger partial charge in [-0.15, -0.1) is 0 Å². The number of nitrogens with one attached hydrogen (secondary N) is 1. The van der Waals surface area contributed by atoms with Gasteiger partial charge in [-0.25, -0.2) is 0 Å². The van der Waals surface area contributed by atoms with Crippen molar-refractivity contribution in [3.63, 3.8) is 0 Å². The summed E-state index contributed by atoms with van der Waals surface area (Å²) in [6.45, 7) is 3.49. The highest BCUT2D eigenvalue weighted by Crippen LogP contribution is 2.30. The number of hydrogen-bond donors (Lipinski definition) is 1. The lowest BCUT2D eigenvalue weighted by molar-refractivity contribution is -0.120. The van der Waals surface area contributed by atoms with Crippen LogP contribution in [-0.2, 0) is 4.79 Å². The predicted molar refractivity (Wildman–Crippen MR) is 105 cm³/mol. The lowest BCUT2D eigenvalue weighted by Gasteiger charge is -2.31. The van der Waals surface area contributed by atoms with Crippen molar-refractivity contribution in [2.24, 2.45) is 0 Å². The second-order valence-electron chi connectivity index (χ2n) is 6.10. The van der Waals surface area contributed by atoms with E-state index in [0.29, 0.717) is 15.7 Å². The van der Waals surface area contributed by atoms with Gasteiger partial charge >= 0.3 is 0 Å². The average molecular weight is 375 g/mol. The first-order valence-electron chi connectivity index (χ1n) is 8.29. The third kappa shape index (κ3) is 4.24. The fraction of sp³-hybridized carbons (Fsp3) is 0.250. The summed E-state index contributed by atoms with van der Waals surface area (Å²) in [4.78, 5) is 14.7. The van der Waals surface area contributed by atoms with Gasteiger partial charge in [-0.05, 0) is 36.6 Å². The Morgan fingerprint density at radius 2 is 1.76 bits per heavy atom. The highest BCUT2D eigenvalue weighted by Gasteiger charge is 2.24. The van der Waals surface area contributed by atoms with Crippen LogP contribution >= 0.6 is 23.2 Å². The Morgan fingerprint density at radius 1 is 1.08 bits per heavy atom. The Balaban J connectivity index is 1.65. The molecular weight excluding hydrogens is 355 g/mol. The van der Waals surface area contributed by atoms with Crippen LogP contribution in [0.3, 0.4) is 0 Å². The standard InChI is InChI=1S/C20H20Cl2N2O/c1-14(20(25)23-19-17(21)8-5-9-18(19)22)24-12-10-16(11-13-24)15-6-3-2-4-7-15/h2-10,14H,11-13H2,1H3,(H,23,25)/t14-/m1/s1. The van der Waals surface area contributed by atoms with Gasteiger partial charge < -0.3 is 5.32 Å². The summed E-state index contributed by atoms with van der Waals surface area (Å²) in [6, 6.07) is 15.3. The van der Waals surface area contributed by atoms with Crippen LogP contribution in [0.15, 0.2) is 54.6 Å². The second-order valence-corrected chi connectivity index (χ2v) is 6.92. The van der Waals surface area contributed by atoms with Crippen LogP contribution in [0.25, 0.3) is 5.57 Å². The van der Waals surface area contributed by atoms with Gasteiger partial charge in [0, 0.05) is 13.1 Å². The molecule has 1 heterocycles. The Hall–Kier alpha value is -1.81. The van der Waals surface area contributed by atoms with E-state index in [0.717, 1.165) is 19.5 Å². The topological polar surface area (TPSA) is 32.3 Å². The van der Waals surface area contributed by atoms with Gasteiger partial charge in [-0.2, -0.15) is 0 Å². The molecule has 2 aromatic rings. The third-order valence-corrected chi connectivity index (χ3v) is 5.15. The number of hydrogen-bond acceptors (Lipinski definition) is 2. The summed E-state index contributed by atoms with van der Waals surface area (Å²) in [5.74, 6) is -0.105. The van der Waals surface area contributed by atoms with Crippen molar-refractivity contribution >= 4 is 40.4 Å². The van der Waals surface area contributed by atoms with Crippen molar-refractivity contribution in [2.45, 2.75) is 19.4 Å². The van der Waals surface area contributed by atoms with Crippen molar-refractivity contribution in [3.8, 4) is 0 Å². The molecule has 0 saturated heterocycles. The SMILES string of the molecule is C[C@H](C(=O)Nc1c(Cl)cccc1Cl)N1CC=C(c2ccccc2)CC1. The van der Waals surface area contributed by atoms with Crippen LogP contribution in [0.4, 0.5) is 5.69 Å². The molecule has 3 rings (SSSR count). The number of carbonyl (C=O) groups is 1. The van der Waals surface area contributed by atoms with E-state index in [4.69, 9.17) is 23.2 Å². The summed E-state index contributed by atoms with van der Waals surface area (Å²) in [5.41, 5.74) is 3.06. The number of benzene rings is 2. The lowest BCUT2D eigenvalue weighted by Crippen LogP contribution is -2.44. The smallest absolute Gasteiger partial charge is 0.241 e. The number of halogens is 2. The maximum absolute atomic E-state index is 12.6. The van der Waals surface area contributed by atoms with Gasteiger partial charge in [0.2, 0.25) is 5.91 Å². The van der Waals surface area contributed by atoms with E-state index in [-0.39, 0.29) is 11.9 Å². The van der Waals surface area contributed by atoms with Gasteiger partial charge in [-0.1, -0.05) is 65.7 Å². The molecule has 3 nitrogen and oxygen atoms in total. The van der Waals surface area contributed by atoms with E-state index in [2.05, 4.69) is 28.4 Å². The van der Waals surface area contributed by atoms with Gasteiger partial charge in [0.15, 0.2) is 0 Å². The quantitative estimate of drug-likeness (QED) is 0.806. The van der Waals surface area contributed by atoms with Crippen LogP contribution in [0.5, 0.6) is 0 Å². The molecule has 0 aliphatic carbocycles. The largest absolute Gasteiger partial charge is 0.322 e. The third-order valence-electron chi connectivity index (χ3n) is 4.52. The molecular formula is C20H20Cl2N2O. The minimum absolute atomic E-state index is 0.105. The number of nitrogens with zero attached hydrogens (tertiary/aromatic N) is 1. The number of anilines is 1. The number of para-hydroxylation sites is 1. The molecule has 1 N–H and O–H groups in total. The molecule has 1 amide bonds. The summed E-state index contributed by atoms with van der Waals surface area (Å²) < 4.78 is 0. The average Bonchev–Trinajstić information content (AvgIpc) is 2.65. The number of carbonyl (C=O) groups excluding carboxylic acids is 1. The van der Waals surface area contributed by atoms with Crippen molar-refractivity contribution in [2.75, 3.05) is 18.4 Å².